The number of carbonyl (C=O) groups excluding carboxylic acids is 1. The van der Waals surface area contributed by atoms with Crippen LogP contribution in [0, 0.1) is 12.7 Å². The number of ether oxygens (including phenoxy) is 2. The van der Waals surface area contributed by atoms with Gasteiger partial charge in [0, 0.05) is 17.4 Å². The molecule has 194 valence electrons. The van der Waals surface area contributed by atoms with Crippen molar-refractivity contribution in [2.75, 3.05) is 18.5 Å². The molecule has 37 heavy (non-hydrogen) atoms. The number of benzene rings is 2. The fourth-order valence-electron chi connectivity index (χ4n) is 5.46. The van der Waals surface area contributed by atoms with Gasteiger partial charge in [0.05, 0.1) is 25.2 Å². The molecule has 0 unspecified atom stereocenters. The number of hydrogen-bond donors (Lipinski definition) is 2. The van der Waals surface area contributed by atoms with E-state index in [1.54, 1.807) is 19.1 Å². The summed E-state index contributed by atoms with van der Waals surface area (Å²) >= 11 is 0. The second kappa shape index (κ2) is 9.97. The lowest BCUT2D eigenvalue weighted by molar-refractivity contribution is -0.175. The Kier molecular flexibility index (Phi) is 6.72. The van der Waals surface area contributed by atoms with Gasteiger partial charge in [0.15, 0.2) is 5.76 Å². The number of aryl methyl sites for hydroxylation is 1. The highest BCUT2D eigenvalue weighted by atomic mass is 19.1. The predicted molar refractivity (Wildman–Crippen MR) is 133 cm³/mol. The van der Waals surface area contributed by atoms with Crippen LogP contribution in [0.15, 0.2) is 53.1 Å². The molecule has 3 fully saturated rings. The van der Waals surface area contributed by atoms with Crippen LogP contribution in [0.4, 0.5) is 14.9 Å². The molecule has 2 bridgehead atoms. The number of amides is 1. The van der Waals surface area contributed by atoms with Gasteiger partial charge in [-0.1, -0.05) is 47.6 Å². The van der Waals surface area contributed by atoms with Gasteiger partial charge in [-0.05, 0) is 49.8 Å². The highest BCUT2D eigenvalue weighted by molar-refractivity contribution is 5.90. The van der Waals surface area contributed by atoms with Crippen molar-refractivity contribution < 1.29 is 33.1 Å². The quantitative estimate of drug-likeness (QED) is 0.405. The number of fused-ring (bicyclic) bond motifs is 3. The third-order valence-electron chi connectivity index (χ3n) is 7.61. The number of anilines is 1. The minimum atomic E-state index is -0.878. The maximum atomic E-state index is 15.5. The molecule has 3 heterocycles. The lowest BCUT2D eigenvalue weighted by Crippen LogP contribution is -2.54. The molecule has 6 rings (SSSR count). The van der Waals surface area contributed by atoms with Gasteiger partial charge < -0.3 is 19.1 Å². The van der Waals surface area contributed by atoms with Crippen LogP contribution in [0.3, 0.4) is 0 Å². The van der Waals surface area contributed by atoms with Gasteiger partial charge >= 0.3 is 12.1 Å². The molecule has 2 saturated heterocycles. The van der Waals surface area contributed by atoms with E-state index in [0.29, 0.717) is 61.2 Å². The minimum Gasteiger partial charge on any atom is -0.481 e. The summed E-state index contributed by atoms with van der Waals surface area (Å²) in [4.78, 5) is 23.7. The number of carboxylic acid groups (broad SMARTS) is 1. The first kappa shape index (κ1) is 25.0. The summed E-state index contributed by atoms with van der Waals surface area (Å²) in [6, 6.07) is 14.5. The van der Waals surface area contributed by atoms with Gasteiger partial charge in [0.2, 0.25) is 0 Å². The molecule has 0 spiro atoms. The monoisotopic (exact) mass is 508 g/mol. The van der Waals surface area contributed by atoms with Gasteiger partial charge in [0.25, 0.3) is 0 Å². The van der Waals surface area contributed by atoms with Crippen LogP contribution in [0.25, 0.3) is 11.3 Å². The number of rotatable bonds is 8. The Hall–Kier alpha value is -3.72. The molecule has 2 aliphatic heterocycles. The van der Waals surface area contributed by atoms with E-state index in [1.807, 2.05) is 30.3 Å². The summed E-state index contributed by atoms with van der Waals surface area (Å²) in [7, 11) is 0. The Bertz CT molecular complexity index is 1280. The molecule has 2 N–H and O–H groups in total. The molecule has 0 atom stereocenters. The SMILES string of the molecule is Cc1noc(-c2ccc(C34CCC(CC(=O)O)(CC3)OC4)c(F)c2)c1NC(=O)OCCc1ccccc1. The largest absolute Gasteiger partial charge is 0.481 e. The average molecular weight is 509 g/mol. The fourth-order valence-corrected chi connectivity index (χ4v) is 5.46. The summed E-state index contributed by atoms with van der Waals surface area (Å²) < 4.78 is 32.2. The Labute approximate surface area is 213 Å². The van der Waals surface area contributed by atoms with E-state index in [9.17, 15) is 14.7 Å². The highest BCUT2D eigenvalue weighted by Gasteiger charge is 2.52. The number of aromatic nitrogens is 1. The number of nitrogens with one attached hydrogen (secondary N) is 1. The Balaban J connectivity index is 1.28. The van der Waals surface area contributed by atoms with Crippen molar-refractivity contribution in [2.24, 2.45) is 0 Å². The first-order valence-corrected chi connectivity index (χ1v) is 12.4. The zero-order valence-corrected chi connectivity index (χ0v) is 20.6. The smallest absolute Gasteiger partial charge is 0.411 e. The van der Waals surface area contributed by atoms with Crippen LogP contribution in [0.2, 0.25) is 0 Å². The van der Waals surface area contributed by atoms with Crippen molar-refractivity contribution in [3.05, 3.63) is 71.2 Å². The standard InChI is InChI=1S/C28H29FN2O6/c1-18-24(30-26(34)35-14-9-19-5-3-2-4-6-19)25(37-31-18)20-7-8-21(22(29)15-20)27-10-12-28(13-11-27,36-17-27)16-23(32)33/h2-8,15H,9-14,16-17H2,1H3,(H,30,34)(H,32,33). The van der Waals surface area contributed by atoms with Crippen LogP contribution in [-0.4, -0.2) is 41.1 Å². The van der Waals surface area contributed by atoms with E-state index in [0.717, 1.165) is 5.56 Å². The van der Waals surface area contributed by atoms with Crippen LogP contribution in [-0.2, 0) is 26.1 Å². The maximum Gasteiger partial charge on any atom is 0.411 e. The lowest BCUT2D eigenvalue weighted by atomic mass is 9.62. The molecule has 1 aliphatic carbocycles. The van der Waals surface area contributed by atoms with Crippen LogP contribution in [0.5, 0.6) is 0 Å². The van der Waals surface area contributed by atoms with Gasteiger partial charge in [-0.15, -0.1) is 0 Å². The summed E-state index contributed by atoms with van der Waals surface area (Å²) in [6.07, 6.45) is 2.41. The average Bonchev–Trinajstić information content (AvgIpc) is 3.25. The van der Waals surface area contributed by atoms with Crippen LogP contribution >= 0.6 is 0 Å². The van der Waals surface area contributed by atoms with E-state index in [4.69, 9.17) is 14.0 Å². The molecule has 2 aromatic carbocycles. The highest BCUT2D eigenvalue weighted by Crippen LogP contribution is 2.52. The Morgan fingerprint density at radius 1 is 1.14 bits per heavy atom. The number of carbonyl (C=O) groups is 2. The number of nitrogens with zero attached hydrogens (tertiary/aromatic N) is 1. The zero-order valence-electron chi connectivity index (χ0n) is 20.6. The summed E-state index contributed by atoms with van der Waals surface area (Å²) in [5, 5.41) is 15.8. The third kappa shape index (κ3) is 5.09. The summed E-state index contributed by atoms with van der Waals surface area (Å²) in [5.41, 5.74) is 1.69. The van der Waals surface area contributed by atoms with Crippen LogP contribution in [0.1, 0.15) is 48.9 Å². The molecule has 8 nitrogen and oxygen atoms in total. The molecule has 0 radical (unpaired) electrons. The van der Waals surface area contributed by atoms with Crippen molar-refractivity contribution >= 4 is 17.7 Å². The van der Waals surface area contributed by atoms with Gasteiger partial charge in [-0.3, -0.25) is 10.1 Å². The first-order valence-electron chi connectivity index (χ1n) is 12.4. The molecule has 3 aromatic rings. The molecular formula is C28H29FN2O6. The molecule has 1 aromatic heterocycles. The predicted octanol–water partition coefficient (Wildman–Crippen LogP) is 5.64. The van der Waals surface area contributed by atoms with E-state index in [1.165, 1.54) is 6.07 Å². The second-order valence-corrected chi connectivity index (χ2v) is 9.99. The molecule has 1 saturated carbocycles. The van der Waals surface area contributed by atoms with Crippen LogP contribution < -0.4 is 5.32 Å². The molecular weight excluding hydrogens is 479 g/mol. The van der Waals surface area contributed by atoms with Gasteiger partial charge in [0.1, 0.15) is 17.2 Å². The number of carboxylic acids is 1. The molecule has 3 aliphatic rings. The Morgan fingerprint density at radius 3 is 2.54 bits per heavy atom. The van der Waals surface area contributed by atoms with Gasteiger partial charge in [-0.25, -0.2) is 9.18 Å². The second-order valence-electron chi connectivity index (χ2n) is 9.99. The molecule has 1 amide bonds. The van der Waals surface area contributed by atoms with E-state index in [2.05, 4.69) is 10.5 Å². The fraction of sp³-hybridized carbons (Fsp3) is 0.393. The van der Waals surface area contributed by atoms with E-state index < -0.39 is 28.9 Å². The Morgan fingerprint density at radius 2 is 1.89 bits per heavy atom. The van der Waals surface area contributed by atoms with Crippen molar-refractivity contribution in [3.63, 3.8) is 0 Å². The third-order valence-corrected chi connectivity index (χ3v) is 7.61. The molecule has 9 heteroatoms. The topological polar surface area (TPSA) is 111 Å². The van der Waals surface area contributed by atoms with Crippen molar-refractivity contribution in [3.8, 4) is 11.3 Å². The van der Waals surface area contributed by atoms with Crippen molar-refractivity contribution in [1.29, 1.82) is 0 Å². The number of aliphatic carboxylic acids is 1. The first-order chi connectivity index (χ1) is 17.8. The van der Waals surface area contributed by atoms with Crippen molar-refractivity contribution in [1.82, 2.24) is 5.16 Å². The summed E-state index contributed by atoms with van der Waals surface area (Å²) in [6.45, 7) is 2.18. The van der Waals surface area contributed by atoms with E-state index in [-0.39, 0.29) is 18.8 Å². The van der Waals surface area contributed by atoms with Gasteiger partial charge in [-0.2, -0.15) is 0 Å². The summed E-state index contributed by atoms with van der Waals surface area (Å²) in [5.74, 6) is -1.04. The number of hydrogen-bond acceptors (Lipinski definition) is 6. The number of halogens is 1. The zero-order chi connectivity index (χ0) is 26.0. The van der Waals surface area contributed by atoms with E-state index >= 15 is 4.39 Å². The minimum absolute atomic E-state index is 0.0280. The van der Waals surface area contributed by atoms with Crippen molar-refractivity contribution in [2.45, 2.75) is 56.5 Å². The normalized spacial score (nSPS) is 22.5. The maximum absolute atomic E-state index is 15.5. The lowest BCUT2D eigenvalue weighted by Gasteiger charge is -2.53.